The molecule has 462 valence electrons. The zero-order chi connectivity index (χ0) is 57.1. The van der Waals surface area contributed by atoms with Crippen LogP contribution in [0.15, 0.2) is 48.6 Å². The van der Waals surface area contributed by atoms with Crippen LogP contribution in [0.2, 0.25) is 0 Å². The molecule has 0 aromatic heterocycles. The van der Waals surface area contributed by atoms with Gasteiger partial charge in [-0.15, -0.1) is 0 Å². The molecular formula is C73H134O6. The predicted octanol–water partition coefficient (Wildman–Crippen LogP) is 24.1. The number of ether oxygens (including phenoxy) is 3. The topological polar surface area (TPSA) is 78.9 Å². The molecule has 0 rings (SSSR count). The van der Waals surface area contributed by atoms with Crippen molar-refractivity contribution >= 4 is 17.9 Å². The Balaban J connectivity index is 4.19. The molecule has 0 N–H and O–H groups in total. The van der Waals surface area contributed by atoms with E-state index >= 15 is 0 Å². The number of hydrogen-bond donors (Lipinski definition) is 0. The SMILES string of the molecule is CCCC/C=C\CCCCCCCC(=O)OCC(COC(=O)CCCCCCCCCCCCCC/C=C\C/C=C\C/C=C\CCCCCCC)OC(=O)CCCCCCCCCCCCCCCCCCCCCCCCC. The second-order valence-corrected chi connectivity index (χ2v) is 23.8. The van der Waals surface area contributed by atoms with Crippen molar-refractivity contribution in [1.82, 2.24) is 0 Å². The molecule has 79 heavy (non-hydrogen) atoms. The first-order chi connectivity index (χ1) is 39.0. The zero-order valence-corrected chi connectivity index (χ0v) is 53.2. The van der Waals surface area contributed by atoms with Gasteiger partial charge in [0, 0.05) is 19.3 Å². The van der Waals surface area contributed by atoms with Crippen molar-refractivity contribution in [3.63, 3.8) is 0 Å². The van der Waals surface area contributed by atoms with Gasteiger partial charge in [0.2, 0.25) is 0 Å². The van der Waals surface area contributed by atoms with E-state index in [1.165, 1.54) is 263 Å². The molecule has 0 spiro atoms. The lowest BCUT2D eigenvalue weighted by atomic mass is 10.0. The summed E-state index contributed by atoms with van der Waals surface area (Å²) in [7, 11) is 0. The maximum atomic E-state index is 12.9. The Bertz CT molecular complexity index is 1360. The van der Waals surface area contributed by atoms with Crippen molar-refractivity contribution in [1.29, 1.82) is 0 Å². The maximum absolute atomic E-state index is 12.9. The van der Waals surface area contributed by atoms with Crippen LogP contribution in [-0.4, -0.2) is 37.2 Å². The van der Waals surface area contributed by atoms with E-state index in [0.717, 1.165) is 77.0 Å². The van der Waals surface area contributed by atoms with Gasteiger partial charge in [-0.25, -0.2) is 0 Å². The first-order valence-corrected chi connectivity index (χ1v) is 35.1. The Morgan fingerprint density at radius 3 is 0.759 bits per heavy atom. The fourth-order valence-corrected chi connectivity index (χ4v) is 10.5. The van der Waals surface area contributed by atoms with Crippen LogP contribution in [0.5, 0.6) is 0 Å². The van der Waals surface area contributed by atoms with Gasteiger partial charge in [0.25, 0.3) is 0 Å². The van der Waals surface area contributed by atoms with E-state index in [0.29, 0.717) is 19.3 Å². The fraction of sp³-hybridized carbons (Fsp3) is 0.849. The molecule has 0 saturated carbocycles. The third kappa shape index (κ3) is 66.1. The summed E-state index contributed by atoms with van der Waals surface area (Å²) in [4.78, 5) is 38.3. The van der Waals surface area contributed by atoms with Gasteiger partial charge in [0.1, 0.15) is 13.2 Å². The van der Waals surface area contributed by atoms with E-state index in [-0.39, 0.29) is 31.1 Å². The molecule has 0 aromatic rings. The third-order valence-electron chi connectivity index (χ3n) is 15.8. The smallest absolute Gasteiger partial charge is 0.306 e. The molecular weight excluding hydrogens is 973 g/mol. The fourth-order valence-electron chi connectivity index (χ4n) is 10.5. The Morgan fingerprint density at radius 1 is 0.253 bits per heavy atom. The van der Waals surface area contributed by atoms with Crippen molar-refractivity contribution < 1.29 is 28.6 Å². The van der Waals surface area contributed by atoms with Crippen molar-refractivity contribution in [2.75, 3.05) is 13.2 Å². The van der Waals surface area contributed by atoms with Crippen molar-refractivity contribution in [2.45, 2.75) is 386 Å². The number of rotatable bonds is 65. The van der Waals surface area contributed by atoms with E-state index in [1.54, 1.807) is 0 Å². The van der Waals surface area contributed by atoms with E-state index in [9.17, 15) is 14.4 Å². The van der Waals surface area contributed by atoms with Gasteiger partial charge in [-0.2, -0.15) is 0 Å². The monoisotopic (exact) mass is 1110 g/mol. The molecule has 0 aliphatic carbocycles. The van der Waals surface area contributed by atoms with Crippen LogP contribution in [0.4, 0.5) is 0 Å². The molecule has 0 aliphatic heterocycles. The number of carbonyl (C=O) groups is 3. The van der Waals surface area contributed by atoms with Gasteiger partial charge >= 0.3 is 17.9 Å². The Labute approximate surface area is 492 Å². The molecule has 0 bridgehead atoms. The molecule has 6 nitrogen and oxygen atoms in total. The number of allylic oxidation sites excluding steroid dienone is 8. The Morgan fingerprint density at radius 2 is 0.468 bits per heavy atom. The molecule has 0 amide bonds. The quantitative estimate of drug-likeness (QED) is 0.0261. The van der Waals surface area contributed by atoms with E-state index in [1.807, 2.05) is 0 Å². The largest absolute Gasteiger partial charge is 0.462 e. The van der Waals surface area contributed by atoms with Crippen LogP contribution in [0.25, 0.3) is 0 Å². The first-order valence-electron chi connectivity index (χ1n) is 35.1. The number of hydrogen-bond acceptors (Lipinski definition) is 6. The van der Waals surface area contributed by atoms with Gasteiger partial charge in [-0.05, 0) is 77.0 Å². The summed E-state index contributed by atoms with van der Waals surface area (Å²) in [6, 6.07) is 0. The summed E-state index contributed by atoms with van der Waals surface area (Å²) in [5, 5.41) is 0. The minimum Gasteiger partial charge on any atom is -0.462 e. The molecule has 0 heterocycles. The molecule has 0 fully saturated rings. The van der Waals surface area contributed by atoms with Crippen LogP contribution in [-0.2, 0) is 28.6 Å². The third-order valence-corrected chi connectivity index (χ3v) is 15.8. The predicted molar refractivity (Wildman–Crippen MR) is 344 cm³/mol. The molecule has 0 aromatic carbocycles. The standard InChI is InChI=1S/C73H134O6/c1-4-7-10-13-16-19-22-24-26-28-30-32-34-35-36-37-39-40-42-44-46-48-51-54-57-60-63-66-72(75)78-69-70(68-77-71(74)65-62-59-56-53-50-21-18-15-12-9-6-3)79-73(76)67-64-61-58-55-52-49-47-45-43-41-38-33-31-29-27-25-23-20-17-14-11-8-5-2/h15,18,22,24,28,30,34-35,70H,4-14,16-17,19-21,23,25-27,29,31-33,36-69H2,1-3H3/b18-15-,24-22-,30-28-,35-34-. The molecule has 0 saturated heterocycles. The van der Waals surface area contributed by atoms with Gasteiger partial charge in [-0.1, -0.05) is 333 Å². The van der Waals surface area contributed by atoms with Crippen LogP contribution >= 0.6 is 0 Å². The second kappa shape index (κ2) is 67.9. The van der Waals surface area contributed by atoms with Gasteiger partial charge in [0.15, 0.2) is 6.10 Å². The Kier molecular flexibility index (Phi) is 65.6. The molecule has 0 radical (unpaired) electrons. The number of esters is 3. The highest BCUT2D eigenvalue weighted by Crippen LogP contribution is 2.18. The lowest BCUT2D eigenvalue weighted by molar-refractivity contribution is -0.167. The molecule has 1 unspecified atom stereocenters. The average molecular weight is 1110 g/mol. The molecule has 1 atom stereocenters. The van der Waals surface area contributed by atoms with E-state index in [2.05, 4.69) is 69.4 Å². The second-order valence-electron chi connectivity index (χ2n) is 23.8. The Hall–Kier alpha value is -2.63. The van der Waals surface area contributed by atoms with Gasteiger partial charge in [-0.3, -0.25) is 14.4 Å². The summed E-state index contributed by atoms with van der Waals surface area (Å²) in [5.41, 5.74) is 0. The lowest BCUT2D eigenvalue weighted by Crippen LogP contribution is -2.30. The van der Waals surface area contributed by atoms with Crippen LogP contribution in [0.1, 0.15) is 380 Å². The van der Waals surface area contributed by atoms with Crippen LogP contribution in [0.3, 0.4) is 0 Å². The van der Waals surface area contributed by atoms with Crippen molar-refractivity contribution in [3.05, 3.63) is 48.6 Å². The maximum Gasteiger partial charge on any atom is 0.306 e. The van der Waals surface area contributed by atoms with E-state index in [4.69, 9.17) is 14.2 Å². The number of unbranched alkanes of at least 4 members (excludes halogenated alkanes) is 46. The van der Waals surface area contributed by atoms with E-state index < -0.39 is 6.10 Å². The summed E-state index contributed by atoms with van der Waals surface area (Å²) in [6.07, 6.45) is 85.7. The summed E-state index contributed by atoms with van der Waals surface area (Å²) >= 11 is 0. The summed E-state index contributed by atoms with van der Waals surface area (Å²) in [6.45, 7) is 6.65. The lowest BCUT2D eigenvalue weighted by Gasteiger charge is -2.18. The molecule has 0 aliphatic rings. The average Bonchev–Trinajstić information content (AvgIpc) is 3.45. The summed E-state index contributed by atoms with van der Waals surface area (Å²) in [5.74, 6) is -0.860. The highest BCUT2D eigenvalue weighted by molar-refractivity contribution is 5.71. The number of carbonyl (C=O) groups excluding carboxylic acids is 3. The van der Waals surface area contributed by atoms with Crippen LogP contribution in [0, 0.1) is 0 Å². The highest BCUT2D eigenvalue weighted by Gasteiger charge is 2.19. The first kappa shape index (κ1) is 76.4. The zero-order valence-electron chi connectivity index (χ0n) is 53.2. The van der Waals surface area contributed by atoms with Crippen molar-refractivity contribution in [3.8, 4) is 0 Å². The highest BCUT2D eigenvalue weighted by atomic mass is 16.6. The molecule has 6 heteroatoms. The van der Waals surface area contributed by atoms with Crippen LogP contribution < -0.4 is 0 Å². The minimum atomic E-state index is -0.775. The minimum absolute atomic E-state index is 0.0726. The normalized spacial score (nSPS) is 12.3. The van der Waals surface area contributed by atoms with Crippen molar-refractivity contribution in [2.24, 2.45) is 0 Å². The summed E-state index contributed by atoms with van der Waals surface area (Å²) < 4.78 is 17.0. The van der Waals surface area contributed by atoms with Gasteiger partial charge in [0.05, 0.1) is 0 Å². The van der Waals surface area contributed by atoms with Gasteiger partial charge < -0.3 is 14.2 Å².